The fraction of sp³-hybridized carbons (Fsp3) is 0.231. The van der Waals surface area contributed by atoms with Gasteiger partial charge < -0.3 is 13.9 Å². The third kappa shape index (κ3) is 3.99. The van der Waals surface area contributed by atoms with E-state index in [1.165, 1.54) is 6.07 Å². The molecule has 0 saturated carbocycles. The van der Waals surface area contributed by atoms with E-state index in [2.05, 4.69) is 0 Å². The minimum atomic E-state index is -0.438. The quantitative estimate of drug-likeness (QED) is 0.636. The van der Waals surface area contributed by atoms with Crippen LogP contribution in [0.5, 0.6) is 5.75 Å². The number of carbonyl (C=O) groups excluding carboxylic acids is 1. The van der Waals surface area contributed by atoms with Crippen molar-refractivity contribution in [1.82, 2.24) is 0 Å². The van der Waals surface area contributed by atoms with Crippen LogP contribution < -0.4 is 10.4 Å². The molecule has 0 aliphatic rings. The van der Waals surface area contributed by atoms with Crippen molar-refractivity contribution in [2.45, 2.75) is 6.92 Å². The van der Waals surface area contributed by atoms with Gasteiger partial charge in [0.15, 0.2) is 6.61 Å². The summed E-state index contributed by atoms with van der Waals surface area (Å²) in [6, 6.07) is 8.02. The summed E-state index contributed by atoms with van der Waals surface area (Å²) in [6.07, 6.45) is 0. The Balaban J connectivity index is 0.00000180. The molecule has 0 spiro atoms. The van der Waals surface area contributed by atoms with Gasteiger partial charge in [0.25, 0.3) is 0 Å². The molecule has 0 aliphatic heterocycles. The van der Waals surface area contributed by atoms with Crippen LogP contribution in [-0.2, 0) is 9.53 Å². The van der Waals surface area contributed by atoms with E-state index in [0.29, 0.717) is 17.9 Å². The van der Waals surface area contributed by atoms with Crippen LogP contribution in [0.15, 0.2) is 39.5 Å². The second-order valence-corrected chi connectivity index (χ2v) is 3.55. The molecule has 2 rings (SSSR count). The lowest BCUT2D eigenvalue weighted by atomic mass is 10.2. The van der Waals surface area contributed by atoms with Gasteiger partial charge in [0.1, 0.15) is 11.3 Å². The molecule has 0 amide bonds. The molecule has 5 nitrogen and oxygen atoms in total. The molecule has 6 heteroatoms. The first kappa shape index (κ1) is 15.0. The Bertz CT molecular complexity index is 620. The van der Waals surface area contributed by atoms with Crippen LogP contribution in [0.3, 0.4) is 0 Å². The van der Waals surface area contributed by atoms with Gasteiger partial charge in [-0.05, 0) is 25.1 Å². The van der Waals surface area contributed by atoms with Crippen LogP contribution in [0, 0.1) is 0 Å². The minimum Gasteiger partial charge on any atom is -0.482 e. The molecule has 1 aromatic carbocycles. The van der Waals surface area contributed by atoms with Crippen molar-refractivity contribution in [1.29, 1.82) is 0 Å². The smallest absolute Gasteiger partial charge is 0.344 e. The van der Waals surface area contributed by atoms with Gasteiger partial charge in [-0.3, -0.25) is 0 Å². The highest BCUT2D eigenvalue weighted by Crippen LogP contribution is 2.19. The number of esters is 1. The van der Waals surface area contributed by atoms with Crippen molar-refractivity contribution < 1.29 is 18.7 Å². The highest BCUT2D eigenvalue weighted by molar-refractivity contribution is 5.85. The van der Waals surface area contributed by atoms with Gasteiger partial charge in [-0.25, -0.2) is 9.59 Å². The van der Waals surface area contributed by atoms with Crippen molar-refractivity contribution >= 4 is 29.3 Å². The van der Waals surface area contributed by atoms with E-state index in [9.17, 15) is 9.59 Å². The zero-order chi connectivity index (χ0) is 13.0. The highest BCUT2D eigenvalue weighted by Gasteiger charge is 2.04. The van der Waals surface area contributed by atoms with E-state index in [4.69, 9.17) is 13.9 Å². The minimum absolute atomic E-state index is 0. The highest BCUT2D eigenvalue weighted by atomic mass is 35.5. The number of carbonyl (C=O) groups is 1. The Labute approximate surface area is 115 Å². The van der Waals surface area contributed by atoms with Gasteiger partial charge in [-0.2, -0.15) is 0 Å². The van der Waals surface area contributed by atoms with E-state index in [0.717, 1.165) is 5.39 Å². The summed E-state index contributed by atoms with van der Waals surface area (Å²) in [6.45, 7) is 1.87. The molecule has 1 heterocycles. The summed E-state index contributed by atoms with van der Waals surface area (Å²) in [5.74, 6) is 0.0111. The zero-order valence-electron chi connectivity index (χ0n) is 10.3. The molecular formula is C13H13ClO5. The predicted octanol–water partition coefficient (Wildman–Crippen LogP) is 2.16. The van der Waals surface area contributed by atoms with Gasteiger partial charge in [0.05, 0.1) is 6.61 Å². The second-order valence-electron chi connectivity index (χ2n) is 3.55. The van der Waals surface area contributed by atoms with E-state index in [1.54, 1.807) is 31.2 Å². The maximum Gasteiger partial charge on any atom is 0.344 e. The molecule has 0 aliphatic carbocycles. The van der Waals surface area contributed by atoms with E-state index in [-0.39, 0.29) is 19.0 Å². The fourth-order valence-electron chi connectivity index (χ4n) is 1.48. The summed E-state index contributed by atoms with van der Waals surface area (Å²) in [4.78, 5) is 22.2. The third-order valence-electron chi connectivity index (χ3n) is 2.26. The van der Waals surface area contributed by atoms with Crippen molar-refractivity contribution in [2.75, 3.05) is 13.2 Å². The molecule has 0 radical (unpaired) electrons. The second kappa shape index (κ2) is 6.80. The van der Waals surface area contributed by atoms with Crippen LogP contribution in [0.25, 0.3) is 11.0 Å². The lowest BCUT2D eigenvalue weighted by molar-refractivity contribution is -0.145. The molecule has 0 fully saturated rings. The standard InChI is InChI=1S/C13H12O5.ClH/c1-2-16-13(15)8-17-10-5-3-9-4-6-12(14)18-11(9)7-10;/h3-7H,2,8H2,1H3;1H. The number of hydrogen-bond donors (Lipinski definition) is 0. The normalized spacial score (nSPS) is 9.74. The number of rotatable bonds is 4. The molecule has 1 aromatic heterocycles. The van der Waals surface area contributed by atoms with E-state index in [1.807, 2.05) is 0 Å². The predicted molar refractivity (Wildman–Crippen MR) is 71.9 cm³/mol. The lowest BCUT2D eigenvalue weighted by Crippen LogP contribution is -2.14. The maximum atomic E-state index is 11.1. The first-order valence-electron chi connectivity index (χ1n) is 5.51. The largest absolute Gasteiger partial charge is 0.482 e. The summed E-state index contributed by atoms with van der Waals surface area (Å²) in [5.41, 5.74) is -0.00565. The summed E-state index contributed by atoms with van der Waals surface area (Å²) in [5, 5.41) is 0.790. The van der Waals surface area contributed by atoms with Crippen LogP contribution in [0.4, 0.5) is 0 Å². The van der Waals surface area contributed by atoms with Crippen LogP contribution in [-0.4, -0.2) is 19.2 Å². The molecule has 0 N–H and O–H groups in total. The zero-order valence-corrected chi connectivity index (χ0v) is 11.1. The van der Waals surface area contributed by atoms with Gasteiger partial charge in [0, 0.05) is 17.5 Å². The fourth-order valence-corrected chi connectivity index (χ4v) is 1.48. The lowest BCUT2D eigenvalue weighted by Gasteiger charge is -2.06. The monoisotopic (exact) mass is 284 g/mol. The number of hydrogen-bond acceptors (Lipinski definition) is 5. The Morgan fingerprint density at radius 2 is 2.00 bits per heavy atom. The van der Waals surface area contributed by atoms with Crippen LogP contribution in [0.1, 0.15) is 6.92 Å². The molecular weight excluding hydrogens is 272 g/mol. The summed E-state index contributed by atoms with van der Waals surface area (Å²) in [7, 11) is 0. The molecule has 0 unspecified atom stereocenters. The van der Waals surface area contributed by atoms with Crippen LogP contribution in [0.2, 0.25) is 0 Å². The molecule has 19 heavy (non-hydrogen) atoms. The van der Waals surface area contributed by atoms with Gasteiger partial charge in [-0.15, -0.1) is 12.4 Å². The van der Waals surface area contributed by atoms with Crippen molar-refractivity contribution in [2.24, 2.45) is 0 Å². The number of halogens is 1. The molecule has 102 valence electrons. The van der Waals surface area contributed by atoms with Crippen molar-refractivity contribution in [3.8, 4) is 5.75 Å². The maximum absolute atomic E-state index is 11.1. The van der Waals surface area contributed by atoms with E-state index >= 15 is 0 Å². The van der Waals surface area contributed by atoms with Gasteiger partial charge in [-0.1, -0.05) is 0 Å². The third-order valence-corrected chi connectivity index (χ3v) is 2.26. The Hall–Kier alpha value is -2.01. The SMILES string of the molecule is CCOC(=O)COc1ccc2ccc(=O)oc2c1.Cl. The molecule has 2 aromatic rings. The van der Waals surface area contributed by atoms with Crippen LogP contribution >= 0.6 is 12.4 Å². The average molecular weight is 285 g/mol. The Morgan fingerprint density at radius 3 is 2.74 bits per heavy atom. The average Bonchev–Trinajstić information content (AvgIpc) is 2.36. The topological polar surface area (TPSA) is 65.7 Å². The van der Waals surface area contributed by atoms with Gasteiger partial charge >= 0.3 is 11.6 Å². The van der Waals surface area contributed by atoms with Crippen molar-refractivity contribution in [3.05, 3.63) is 40.8 Å². The number of ether oxygens (including phenoxy) is 2. The molecule has 0 saturated heterocycles. The Morgan fingerprint density at radius 1 is 1.26 bits per heavy atom. The first-order chi connectivity index (χ1) is 8.69. The van der Waals surface area contributed by atoms with Crippen molar-refractivity contribution in [3.63, 3.8) is 0 Å². The van der Waals surface area contributed by atoms with Gasteiger partial charge in [0.2, 0.25) is 0 Å². The summed E-state index contributed by atoms with van der Waals surface area (Å²) < 4.78 is 15.0. The summed E-state index contributed by atoms with van der Waals surface area (Å²) >= 11 is 0. The van der Waals surface area contributed by atoms with E-state index < -0.39 is 11.6 Å². The number of benzene rings is 1. The Kier molecular flexibility index (Phi) is 5.38. The first-order valence-corrected chi connectivity index (χ1v) is 5.51. The molecule has 0 atom stereocenters. The molecule has 0 bridgehead atoms. The number of fused-ring (bicyclic) bond motifs is 1.